The van der Waals surface area contributed by atoms with Crippen LogP contribution in [0.5, 0.6) is 0 Å². The molecular weight excluding hydrogens is 198 g/mol. The summed E-state index contributed by atoms with van der Waals surface area (Å²) in [6.07, 6.45) is 5.59. The van der Waals surface area contributed by atoms with Crippen molar-refractivity contribution in [3.05, 3.63) is 0 Å². The fourth-order valence-electron chi connectivity index (χ4n) is 3.20. The molecule has 16 heavy (non-hydrogen) atoms. The van der Waals surface area contributed by atoms with Gasteiger partial charge in [-0.1, -0.05) is 6.42 Å². The molecule has 0 aromatic rings. The molecule has 2 aliphatic heterocycles. The topological polar surface area (TPSA) is 9.72 Å². The van der Waals surface area contributed by atoms with Crippen LogP contribution in [0.2, 0.25) is 0 Å². The Morgan fingerprint density at radius 1 is 1.12 bits per heavy atom. The molecule has 3 nitrogen and oxygen atoms in total. The molecule has 0 aromatic heterocycles. The molecule has 2 bridgehead atoms. The summed E-state index contributed by atoms with van der Waals surface area (Å²) in [4.78, 5) is 7.61. The number of hydrogen-bond donors (Lipinski definition) is 0. The molecule has 0 amide bonds. The molecule has 3 heteroatoms. The van der Waals surface area contributed by atoms with E-state index in [1.807, 2.05) is 0 Å². The molecule has 2 saturated heterocycles. The molecular formula is C13H27N3. The van der Waals surface area contributed by atoms with Crippen molar-refractivity contribution in [3.8, 4) is 0 Å². The Kier molecular flexibility index (Phi) is 4.22. The lowest BCUT2D eigenvalue weighted by Gasteiger charge is -2.48. The van der Waals surface area contributed by atoms with Gasteiger partial charge in [0.05, 0.1) is 0 Å². The first kappa shape index (κ1) is 12.3. The lowest BCUT2D eigenvalue weighted by molar-refractivity contribution is 0.00910. The Hall–Kier alpha value is -0.120. The summed E-state index contributed by atoms with van der Waals surface area (Å²) in [6.45, 7) is 5.13. The highest BCUT2D eigenvalue weighted by Crippen LogP contribution is 2.26. The highest BCUT2D eigenvalue weighted by atomic mass is 15.3. The van der Waals surface area contributed by atoms with Crippen molar-refractivity contribution in [2.45, 2.75) is 37.8 Å². The minimum Gasteiger partial charge on any atom is -0.309 e. The number of hydrogen-bond acceptors (Lipinski definition) is 3. The van der Waals surface area contributed by atoms with Crippen molar-refractivity contribution in [2.75, 3.05) is 47.3 Å². The average molecular weight is 225 g/mol. The fraction of sp³-hybridized carbons (Fsp3) is 1.00. The Morgan fingerprint density at radius 2 is 1.75 bits per heavy atom. The van der Waals surface area contributed by atoms with Gasteiger partial charge in [0.1, 0.15) is 0 Å². The van der Waals surface area contributed by atoms with Gasteiger partial charge in [0.2, 0.25) is 0 Å². The summed E-state index contributed by atoms with van der Waals surface area (Å²) >= 11 is 0. The van der Waals surface area contributed by atoms with Crippen LogP contribution in [0.4, 0.5) is 0 Å². The zero-order valence-corrected chi connectivity index (χ0v) is 11.2. The third kappa shape index (κ3) is 2.96. The monoisotopic (exact) mass is 225 g/mol. The van der Waals surface area contributed by atoms with Crippen molar-refractivity contribution >= 4 is 0 Å². The molecule has 2 aliphatic rings. The molecule has 0 N–H and O–H groups in total. The fourth-order valence-corrected chi connectivity index (χ4v) is 3.20. The van der Waals surface area contributed by atoms with E-state index >= 15 is 0 Å². The second kappa shape index (κ2) is 5.48. The van der Waals surface area contributed by atoms with Crippen molar-refractivity contribution in [3.63, 3.8) is 0 Å². The molecule has 0 aromatic carbocycles. The lowest BCUT2D eigenvalue weighted by Crippen LogP contribution is -2.59. The van der Waals surface area contributed by atoms with E-state index in [1.54, 1.807) is 0 Å². The van der Waals surface area contributed by atoms with E-state index in [4.69, 9.17) is 0 Å². The van der Waals surface area contributed by atoms with Crippen molar-refractivity contribution in [1.29, 1.82) is 0 Å². The van der Waals surface area contributed by atoms with Crippen LogP contribution >= 0.6 is 0 Å². The first-order chi connectivity index (χ1) is 7.66. The summed E-state index contributed by atoms with van der Waals surface area (Å²) in [7, 11) is 6.66. The van der Waals surface area contributed by atoms with Crippen LogP contribution in [-0.2, 0) is 0 Å². The molecule has 2 heterocycles. The summed E-state index contributed by atoms with van der Waals surface area (Å²) in [5, 5.41) is 0. The van der Waals surface area contributed by atoms with Gasteiger partial charge in [-0.15, -0.1) is 0 Å². The Balaban J connectivity index is 1.76. The van der Waals surface area contributed by atoms with Crippen molar-refractivity contribution in [2.24, 2.45) is 0 Å². The van der Waals surface area contributed by atoms with Gasteiger partial charge in [0, 0.05) is 25.2 Å². The largest absolute Gasteiger partial charge is 0.309 e. The smallest absolute Gasteiger partial charge is 0.0223 e. The Bertz CT molecular complexity index is 203. The zero-order valence-electron chi connectivity index (χ0n) is 11.2. The number of fused-ring (bicyclic) bond motifs is 2. The minimum absolute atomic E-state index is 0.840. The number of piperidine rings is 1. The van der Waals surface area contributed by atoms with Gasteiger partial charge in [-0.05, 0) is 53.5 Å². The second-order valence-corrected chi connectivity index (χ2v) is 5.82. The molecule has 0 aliphatic carbocycles. The van der Waals surface area contributed by atoms with Gasteiger partial charge in [0.25, 0.3) is 0 Å². The van der Waals surface area contributed by atoms with E-state index < -0.39 is 0 Å². The summed E-state index contributed by atoms with van der Waals surface area (Å²) < 4.78 is 0. The van der Waals surface area contributed by atoms with Crippen molar-refractivity contribution in [1.82, 2.24) is 14.7 Å². The van der Waals surface area contributed by atoms with Gasteiger partial charge in [-0.3, -0.25) is 4.90 Å². The third-order valence-electron chi connectivity index (χ3n) is 4.24. The maximum atomic E-state index is 2.69. The van der Waals surface area contributed by atoms with Gasteiger partial charge >= 0.3 is 0 Å². The third-order valence-corrected chi connectivity index (χ3v) is 4.24. The van der Waals surface area contributed by atoms with Gasteiger partial charge in [-0.2, -0.15) is 0 Å². The Labute approximate surface area is 100 Å². The second-order valence-electron chi connectivity index (χ2n) is 5.82. The molecule has 0 spiro atoms. The molecule has 2 rings (SSSR count). The van der Waals surface area contributed by atoms with Crippen LogP contribution in [0.25, 0.3) is 0 Å². The quantitative estimate of drug-likeness (QED) is 0.709. The van der Waals surface area contributed by atoms with Crippen LogP contribution < -0.4 is 0 Å². The summed E-state index contributed by atoms with van der Waals surface area (Å²) in [5.74, 6) is 0. The minimum atomic E-state index is 0.840. The van der Waals surface area contributed by atoms with Crippen molar-refractivity contribution < 1.29 is 0 Å². The summed E-state index contributed by atoms with van der Waals surface area (Å²) in [6, 6.07) is 1.68. The molecule has 2 unspecified atom stereocenters. The van der Waals surface area contributed by atoms with E-state index in [-0.39, 0.29) is 0 Å². The predicted octanol–water partition coefficient (Wildman–Crippen LogP) is 1.11. The maximum absolute atomic E-state index is 2.69. The van der Waals surface area contributed by atoms with E-state index in [1.165, 1.54) is 51.9 Å². The first-order valence-electron chi connectivity index (χ1n) is 6.76. The maximum Gasteiger partial charge on any atom is 0.0223 e. The number of nitrogens with zero attached hydrogens (tertiary/aromatic N) is 3. The summed E-state index contributed by atoms with van der Waals surface area (Å²) in [5.41, 5.74) is 0. The zero-order chi connectivity index (χ0) is 11.5. The normalized spacial score (nSPS) is 32.2. The van der Waals surface area contributed by atoms with Crippen LogP contribution in [0, 0.1) is 0 Å². The van der Waals surface area contributed by atoms with E-state index in [9.17, 15) is 0 Å². The van der Waals surface area contributed by atoms with E-state index in [0.29, 0.717) is 0 Å². The molecule has 0 radical (unpaired) electrons. The molecule has 0 saturated carbocycles. The highest BCUT2D eigenvalue weighted by molar-refractivity contribution is 4.91. The highest BCUT2D eigenvalue weighted by Gasteiger charge is 2.34. The van der Waals surface area contributed by atoms with Gasteiger partial charge in [0.15, 0.2) is 0 Å². The van der Waals surface area contributed by atoms with E-state index in [2.05, 4.69) is 35.8 Å². The van der Waals surface area contributed by atoms with E-state index in [0.717, 1.165) is 12.1 Å². The Morgan fingerprint density at radius 3 is 2.31 bits per heavy atom. The average Bonchev–Trinajstić information content (AvgIpc) is 2.18. The molecule has 94 valence electrons. The first-order valence-corrected chi connectivity index (χ1v) is 6.76. The molecule has 2 fully saturated rings. The number of likely N-dealkylation sites (N-methyl/N-ethyl adjacent to an activating group) is 1. The van der Waals surface area contributed by atoms with Crippen LogP contribution in [0.1, 0.15) is 25.7 Å². The number of rotatable bonds is 4. The predicted molar refractivity (Wildman–Crippen MR) is 68.8 cm³/mol. The molecule has 2 atom stereocenters. The lowest BCUT2D eigenvalue weighted by atomic mass is 9.92. The van der Waals surface area contributed by atoms with Crippen LogP contribution in [-0.4, -0.2) is 74.1 Å². The number of likely N-dealkylation sites (tertiary alicyclic amines) is 1. The van der Waals surface area contributed by atoms with Gasteiger partial charge < -0.3 is 9.80 Å². The van der Waals surface area contributed by atoms with Crippen LogP contribution in [0.3, 0.4) is 0 Å². The number of piperazine rings is 1. The SMILES string of the molecule is CN(C)CCCN1CC2CCCC(C1)N2C. The van der Waals surface area contributed by atoms with Gasteiger partial charge in [-0.25, -0.2) is 0 Å². The standard InChI is InChI=1S/C13H27N3/c1-14(2)8-5-9-16-10-12-6-4-7-13(11-16)15(12)3/h12-13H,4-11H2,1-3H3. The van der Waals surface area contributed by atoms with Crippen LogP contribution in [0.15, 0.2) is 0 Å².